The van der Waals surface area contributed by atoms with Gasteiger partial charge in [0, 0.05) is 18.0 Å². The zero-order chi connectivity index (χ0) is 18.4. The van der Waals surface area contributed by atoms with Crippen LogP contribution in [0.1, 0.15) is 0 Å². The van der Waals surface area contributed by atoms with E-state index in [-0.39, 0.29) is 11.7 Å². The van der Waals surface area contributed by atoms with E-state index >= 15 is 0 Å². The van der Waals surface area contributed by atoms with E-state index in [1.807, 2.05) is 30.1 Å². The van der Waals surface area contributed by atoms with E-state index in [1.54, 1.807) is 43.1 Å². The van der Waals surface area contributed by atoms with Crippen LogP contribution in [-0.4, -0.2) is 29.5 Å². The first-order valence-corrected chi connectivity index (χ1v) is 9.73. The van der Waals surface area contributed by atoms with Gasteiger partial charge in [-0.2, -0.15) is 0 Å². The summed E-state index contributed by atoms with van der Waals surface area (Å²) in [5, 5.41) is 10.3. The molecule has 2 aromatic rings. The summed E-state index contributed by atoms with van der Waals surface area (Å²) < 4.78 is 5.78. The van der Waals surface area contributed by atoms with Gasteiger partial charge in [-0.3, -0.25) is 9.69 Å². The minimum absolute atomic E-state index is 0.146. The number of carbonyl (C=O) groups is 1. The fourth-order valence-electron chi connectivity index (χ4n) is 2.77. The molecule has 1 amide bonds. The second kappa shape index (κ2) is 6.53. The maximum absolute atomic E-state index is 13.0. The molecule has 5 nitrogen and oxygen atoms in total. The molecule has 0 saturated carbocycles. The van der Waals surface area contributed by atoms with Gasteiger partial charge in [-0.05, 0) is 36.4 Å². The normalized spacial score (nSPS) is 19.3. The molecule has 1 saturated heterocycles. The summed E-state index contributed by atoms with van der Waals surface area (Å²) in [6.45, 7) is 0. The minimum Gasteiger partial charge on any atom is -0.508 e. The van der Waals surface area contributed by atoms with Crippen LogP contribution in [0, 0.1) is 0 Å². The van der Waals surface area contributed by atoms with Gasteiger partial charge in [0.1, 0.15) is 16.4 Å². The van der Waals surface area contributed by atoms with E-state index in [4.69, 9.17) is 17.0 Å². The SMILES string of the molecule is COc1ccc2c(c1)N(C)C(=C1SC(=S)N(c3ccc(O)cc3)C1=O)S2. The van der Waals surface area contributed by atoms with E-state index in [0.29, 0.717) is 14.9 Å². The first kappa shape index (κ1) is 17.3. The Morgan fingerprint density at radius 3 is 2.54 bits per heavy atom. The average molecular weight is 403 g/mol. The van der Waals surface area contributed by atoms with Gasteiger partial charge in [0.25, 0.3) is 5.91 Å². The van der Waals surface area contributed by atoms with Crippen LogP contribution in [0.25, 0.3) is 0 Å². The summed E-state index contributed by atoms with van der Waals surface area (Å²) in [6, 6.07) is 12.3. The quantitative estimate of drug-likeness (QED) is 0.597. The summed E-state index contributed by atoms with van der Waals surface area (Å²) in [6.07, 6.45) is 0. The maximum atomic E-state index is 13.0. The van der Waals surface area contributed by atoms with Crippen LogP contribution in [0.5, 0.6) is 11.5 Å². The molecule has 0 aliphatic carbocycles. The lowest BCUT2D eigenvalue weighted by Gasteiger charge is -2.16. The zero-order valence-electron chi connectivity index (χ0n) is 13.9. The van der Waals surface area contributed by atoms with Crippen molar-refractivity contribution < 1.29 is 14.6 Å². The Labute approximate surface area is 164 Å². The standard InChI is InChI=1S/C18H14N2O3S3/c1-19-13-9-12(23-2)7-8-14(13)25-17(19)15-16(22)20(18(24)26-15)10-3-5-11(21)6-4-10/h3-9,21H,1-2H3. The summed E-state index contributed by atoms with van der Waals surface area (Å²) in [4.78, 5) is 18.2. The lowest BCUT2D eigenvalue weighted by molar-refractivity contribution is -0.113. The van der Waals surface area contributed by atoms with Crippen molar-refractivity contribution in [2.75, 3.05) is 24.0 Å². The lowest BCUT2D eigenvalue weighted by Crippen LogP contribution is -2.28. The van der Waals surface area contributed by atoms with Gasteiger partial charge in [0.2, 0.25) is 0 Å². The van der Waals surface area contributed by atoms with E-state index in [2.05, 4.69) is 0 Å². The first-order valence-electron chi connectivity index (χ1n) is 7.69. The molecule has 26 heavy (non-hydrogen) atoms. The Hall–Kier alpha value is -2.16. The zero-order valence-corrected chi connectivity index (χ0v) is 16.4. The highest BCUT2D eigenvalue weighted by Crippen LogP contribution is 2.51. The molecule has 1 N–H and O–H groups in total. The second-order valence-corrected chi connectivity index (χ2v) is 8.33. The van der Waals surface area contributed by atoms with Crippen LogP contribution < -0.4 is 14.5 Å². The number of methoxy groups -OCH3 is 1. The summed E-state index contributed by atoms with van der Waals surface area (Å²) in [7, 11) is 3.56. The minimum atomic E-state index is -0.153. The highest BCUT2D eigenvalue weighted by molar-refractivity contribution is 8.27. The van der Waals surface area contributed by atoms with Gasteiger partial charge >= 0.3 is 0 Å². The van der Waals surface area contributed by atoms with Gasteiger partial charge in [0.15, 0.2) is 4.32 Å². The number of hydrogen-bond acceptors (Lipinski definition) is 7. The highest BCUT2D eigenvalue weighted by Gasteiger charge is 2.39. The third-order valence-corrected chi connectivity index (χ3v) is 6.84. The van der Waals surface area contributed by atoms with Crippen LogP contribution >= 0.6 is 35.7 Å². The fourth-order valence-corrected chi connectivity index (χ4v) is 5.38. The Morgan fingerprint density at radius 2 is 1.85 bits per heavy atom. The smallest absolute Gasteiger partial charge is 0.273 e. The number of anilines is 2. The molecule has 8 heteroatoms. The molecular formula is C18H14N2O3S3. The van der Waals surface area contributed by atoms with Crippen molar-refractivity contribution in [2.45, 2.75) is 4.90 Å². The molecule has 132 valence electrons. The lowest BCUT2D eigenvalue weighted by atomic mass is 10.2. The van der Waals surface area contributed by atoms with Gasteiger partial charge in [-0.25, -0.2) is 0 Å². The van der Waals surface area contributed by atoms with E-state index in [1.165, 1.54) is 16.7 Å². The molecule has 2 heterocycles. The molecular weight excluding hydrogens is 388 g/mol. The molecule has 1 fully saturated rings. The monoisotopic (exact) mass is 402 g/mol. The molecule has 0 aromatic heterocycles. The van der Waals surface area contributed by atoms with Crippen molar-refractivity contribution in [3.63, 3.8) is 0 Å². The van der Waals surface area contributed by atoms with Crippen LogP contribution in [-0.2, 0) is 4.79 Å². The first-order chi connectivity index (χ1) is 12.5. The van der Waals surface area contributed by atoms with E-state index in [0.717, 1.165) is 21.4 Å². The van der Waals surface area contributed by atoms with Crippen LogP contribution in [0.2, 0.25) is 0 Å². The predicted molar refractivity (Wildman–Crippen MR) is 110 cm³/mol. The Morgan fingerprint density at radius 1 is 1.12 bits per heavy atom. The van der Waals surface area contributed by atoms with Crippen LogP contribution in [0.3, 0.4) is 0 Å². The van der Waals surface area contributed by atoms with Crippen LogP contribution in [0.15, 0.2) is 57.3 Å². The predicted octanol–water partition coefficient (Wildman–Crippen LogP) is 4.18. The summed E-state index contributed by atoms with van der Waals surface area (Å²) in [5.41, 5.74) is 1.64. The number of fused-ring (bicyclic) bond motifs is 1. The van der Waals surface area contributed by atoms with Gasteiger partial charge in [-0.15, -0.1) is 0 Å². The number of ether oxygens (including phenoxy) is 1. The number of amides is 1. The number of aromatic hydroxyl groups is 1. The van der Waals surface area contributed by atoms with E-state index in [9.17, 15) is 9.90 Å². The maximum Gasteiger partial charge on any atom is 0.273 e. The third kappa shape index (κ3) is 2.74. The molecule has 0 spiro atoms. The third-order valence-electron chi connectivity index (χ3n) is 4.11. The average Bonchev–Trinajstić information content (AvgIpc) is 3.12. The Kier molecular flexibility index (Phi) is 4.34. The molecule has 0 radical (unpaired) electrons. The summed E-state index contributed by atoms with van der Waals surface area (Å²) in [5.74, 6) is 0.766. The molecule has 0 unspecified atom stereocenters. The highest BCUT2D eigenvalue weighted by atomic mass is 32.2. The Bertz CT molecular complexity index is 957. The van der Waals surface area contributed by atoms with Crippen molar-refractivity contribution >= 4 is 57.3 Å². The van der Waals surface area contributed by atoms with Crippen molar-refractivity contribution in [2.24, 2.45) is 0 Å². The van der Waals surface area contributed by atoms with Crippen molar-refractivity contribution in [1.29, 1.82) is 0 Å². The largest absolute Gasteiger partial charge is 0.508 e. The summed E-state index contributed by atoms with van der Waals surface area (Å²) >= 11 is 8.27. The topological polar surface area (TPSA) is 53.0 Å². The molecule has 2 aliphatic rings. The Balaban J connectivity index is 1.71. The number of thioether (sulfide) groups is 2. The van der Waals surface area contributed by atoms with Crippen molar-refractivity contribution in [3.8, 4) is 11.5 Å². The number of phenols is 1. The second-order valence-electron chi connectivity index (χ2n) is 5.65. The molecule has 0 atom stereocenters. The fraction of sp³-hybridized carbons (Fsp3) is 0.111. The van der Waals surface area contributed by atoms with Crippen molar-refractivity contribution in [1.82, 2.24) is 0 Å². The molecule has 0 bridgehead atoms. The van der Waals surface area contributed by atoms with E-state index < -0.39 is 0 Å². The molecule has 2 aromatic carbocycles. The van der Waals surface area contributed by atoms with Gasteiger partial charge < -0.3 is 14.7 Å². The number of hydrogen-bond donors (Lipinski definition) is 1. The van der Waals surface area contributed by atoms with Crippen molar-refractivity contribution in [3.05, 3.63) is 52.4 Å². The number of thiocarbonyl (C=S) groups is 1. The van der Waals surface area contributed by atoms with Crippen LogP contribution in [0.4, 0.5) is 11.4 Å². The molecule has 2 aliphatic heterocycles. The number of rotatable bonds is 2. The van der Waals surface area contributed by atoms with Gasteiger partial charge in [0.05, 0.1) is 23.5 Å². The number of phenolic OH excluding ortho intramolecular Hbond substituents is 1. The number of carbonyl (C=O) groups excluding carboxylic acids is 1. The number of benzene rings is 2. The molecule has 4 rings (SSSR count). The number of nitrogens with zero attached hydrogens (tertiary/aromatic N) is 2. The van der Waals surface area contributed by atoms with Gasteiger partial charge in [-0.1, -0.05) is 35.7 Å².